The van der Waals surface area contributed by atoms with Crippen LogP contribution in [-0.2, 0) is 0 Å². The topological polar surface area (TPSA) is 0 Å². The quantitative estimate of drug-likeness (QED) is 0.300. The van der Waals surface area contributed by atoms with Crippen molar-refractivity contribution >= 4 is 11.4 Å². The second-order valence-corrected chi connectivity index (χ2v) is 7.62. The molecule has 0 aliphatic heterocycles. The van der Waals surface area contributed by atoms with E-state index in [-0.39, 0.29) is 12.1 Å². The third kappa shape index (κ3) is 3.50. The third-order valence-corrected chi connectivity index (χ3v) is 6.15. The fraction of sp³-hybridized carbons (Fsp3) is 0.143. The number of quaternary nitrogens is 1. The number of para-hydroxylation sites is 2. The Balaban J connectivity index is 2.03. The van der Waals surface area contributed by atoms with E-state index in [0.717, 1.165) is 4.48 Å². The Kier molecular flexibility index (Phi) is 5.59. The molecule has 144 valence electrons. The maximum Gasteiger partial charge on any atom is 0.138 e. The second-order valence-electron chi connectivity index (χ2n) is 7.62. The van der Waals surface area contributed by atoms with Gasteiger partial charge in [-0.3, -0.25) is 0 Å². The molecule has 0 aliphatic carbocycles. The maximum absolute atomic E-state index is 2.36. The van der Waals surface area contributed by atoms with Crippen LogP contribution in [0.15, 0.2) is 121 Å². The smallest absolute Gasteiger partial charge is 0.138 e. The van der Waals surface area contributed by atoms with Crippen molar-refractivity contribution in [2.75, 3.05) is 0 Å². The monoisotopic (exact) mass is 378 g/mol. The fourth-order valence-corrected chi connectivity index (χ4v) is 4.66. The van der Waals surface area contributed by atoms with Gasteiger partial charge in [-0.25, -0.2) is 4.48 Å². The minimum absolute atomic E-state index is 0.233. The lowest BCUT2D eigenvalue weighted by atomic mass is 9.93. The van der Waals surface area contributed by atoms with Crippen LogP contribution in [0, 0.1) is 0 Å². The Morgan fingerprint density at radius 1 is 0.414 bits per heavy atom. The van der Waals surface area contributed by atoms with Gasteiger partial charge < -0.3 is 0 Å². The molecule has 1 heteroatoms. The molecule has 29 heavy (non-hydrogen) atoms. The molecule has 0 amide bonds. The van der Waals surface area contributed by atoms with Gasteiger partial charge in [-0.05, 0) is 38.1 Å². The molecule has 0 spiro atoms. The molecule has 0 aliphatic rings. The molecule has 0 fully saturated rings. The van der Waals surface area contributed by atoms with Crippen molar-refractivity contribution in [2.24, 2.45) is 0 Å². The molecule has 0 saturated carbocycles. The van der Waals surface area contributed by atoms with Crippen molar-refractivity contribution in [3.05, 3.63) is 132 Å². The Morgan fingerprint density at radius 2 is 0.690 bits per heavy atom. The van der Waals surface area contributed by atoms with Crippen LogP contribution in [0.4, 0.5) is 11.4 Å². The van der Waals surface area contributed by atoms with Crippen molar-refractivity contribution in [2.45, 2.75) is 25.9 Å². The summed E-state index contributed by atoms with van der Waals surface area (Å²) in [6.07, 6.45) is 0. The molecule has 0 N–H and O–H groups in total. The summed E-state index contributed by atoms with van der Waals surface area (Å²) in [6.45, 7) is 4.71. The highest BCUT2D eigenvalue weighted by atomic mass is 15.4. The van der Waals surface area contributed by atoms with Gasteiger partial charge in [0.25, 0.3) is 0 Å². The predicted molar refractivity (Wildman–Crippen MR) is 124 cm³/mol. The largest absolute Gasteiger partial charge is 0.247 e. The lowest BCUT2D eigenvalue weighted by Gasteiger charge is -2.47. The number of benzene rings is 4. The maximum atomic E-state index is 2.36. The van der Waals surface area contributed by atoms with E-state index in [2.05, 4.69) is 135 Å². The lowest BCUT2D eigenvalue weighted by molar-refractivity contribution is 0.243. The zero-order valence-corrected chi connectivity index (χ0v) is 17.1. The van der Waals surface area contributed by atoms with Crippen molar-refractivity contribution in [3.63, 3.8) is 0 Å². The first-order valence-electron chi connectivity index (χ1n) is 10.3. The number of hydrogen-bond acceptors (Lipinski definition) is 0. The van der Waals surface area contributed by atoms with E-state index in [0.29, 0.717) is 0 Å². The van der Waals surface area contributed by atoms with Gasteiger partial charge in [-0.15, -0.1) is 0 Å². The third-order valence-electron chi connectivity index (χ3n) is 6.15. The van der Waals surface area contributed by atoms with Crippen molar-refractivity contribution in [3.8, 4) is 0 Å². The summed E-state index contributed by atoms with van der Waals surface area (Å²) < 4.78 is 0.732. The molecule has 1 nitrogen and oxygen atoms in total. The summed E-state index contributed by atoms with van der Waals surface area (Å²) in [6, 6.07) is 44.1. The molecule has 0 bridgehead atoms. The number of nitrogens with zero attached hydrogens (tertiary/aromatic N) is 1. The van der Waals surface area contributed by atoms with Crippen LogP contribution >= 0.6 is 0 Å². The highest BCUT2D eigenvalue weighted by Gasteiger charge is 2.45. The zero-order chi connectivity index (χ0) is 20.1. The SMILES string of the molecule is CC(c1ccccc1)[N+](c1ccccc1)(c1ccccc1)C(C)c1ccccc1. The molecule has 4 aromatic rings. The molecule has 4 aromatic carbocycles. The Hall–Kier alpha value is -3.16. The highest BCUT2D eigenvalue weighted by molar-refractivity contribution is 5.62. The lowest BCUT2D eigenvalue weighted by Crippen LogP contribution is -2.48. The van der Waals surface area contributed by atoms with Gasteiger partial charge >= 0.3 is 0 Å². The van der Waals surface area contributed by atoms with Crippen LogP contribution < -0.4 is 4.48 Å². The average molecular weight is 379 g/mol. The molecule has 2 atom stereocenters. The van der Waals surface area contributed by atoms with E-state index in [9.17, 15) is 0 Å². The molecule has 0 radical (unpaired) electrons. The average Bonchev–Trinajstić information content (AvgIpc) is 2.82. The van der Waals surface area contributed by atoms with Gasteiger partial charge in [-0.2, -0.15) is 0 Å². The van der Waals surface area contributed by atoms with Crippen LogP contribution in [0.3, 0.4) is 0 Å². The Morgan fingerprint density at radius 3 is 1.00 bits per heavy atom. The first-order chi connectivity index (χ1) is 14.2. The summed E-state index contributed by atoms with van der Waals surface area (Å²) in [4.78, 5) is 0. The first-order valence-corrected chi connectivity index (χ1v) is 10.3. The predicted octanol–water partition coefficient (Wildman–Crippen LogP) is 7.85. The second kappa shape index (κ2) is 8.46. The van der Waals surface area contributed by atoms with E-state index in [1.807, 2.05) is 0 Å². The van der Waals surface area contributed by atoms with Crippen LogP contribution in [-0.4, -0.2) is 0 Å². The zero-order valence-electron chi connectivity index (χ0n) is 17.1. The van der Waals surface area contributed by atoms with E-state index >= 15 is 0 Å². The fourth-order valence-electron chi connectivity index (χ4n) is 4.66. The van der Waals surface area contributed by atoms with Gasteiger partial charge in [-0.1, -0.05) is 97.1 Å². The number of hydrogen-bond donors (Lipinski definition) is 0. The minimum atomic E-state index is 0.233. The van der Waals surface area contributed by atoms with E-state index in [4.69, 9.17) is 0 Å². The molecule has 0 saturated heterocycles. The minimum Gasteiger partial charge on any atom is -0.247 e. The van der Waals surface area contributed by atoms with E-state index in [1.54, 1.807) is 0 Å². The van der Waals surface area contributed by atoms with Crippen LogP contribution in [0.25, 0.3) is 0 Å². The van der Waals surface area contributed by atoms with Crippen molar-refractivity contribution in [1.82, 2.24) is 4.48 Å². The van der Waals surface area contributed by atoms with Crippen molar-refractivity contribution < 1.29 is 0 Å². The summed E-state index contributed by atoms with van der Waals surface area (Å²) in [5.74, 6) is 0. The summed E-state index contributed by atoms with van der Waals surface area (Å²) in [5.41, 5.74) is 5.27. The summed E-state index contributed by atoms with van der Waals surface area (Å²) in [5, 5.41) is 0. The van der Waals surface area contributed by atoms with Crippen LogP contribution in [0.5, 0.6) is 0 Å². The summed E-state index contributed by atoms with van der Waals surface area (Å²) >= 11 is 0. The Bertz CT molecular complexity index is 924. The standard InChI is InChI=1S/C28H28N/c1-23(25-15-7-3-8-16-25)29(27-19-11-5-12-20-27,28-21-13-6-14-22-28)24(2)26-17-9-4-10-18-26/h3-24H,1-2H3/q+1. The van der Waals surface area contributed by atoms with Gasteiger partial charge in [0.15, 0.2) is 0 Å². The molecule has 0 aromatic heterocycles. The van der Waals surface area contributed by atoms with Crippen LogP contribution in [0.1, 0.15) is 37.1 Å². The molecule has 4 rings (SSSR count). The first kappa shape index (κ1) is 19.2. The normalized spacial score (nSPS) is 13.6. The van der Waals surface area contributed by atoms with E-state index < -0.39 is 0 Å². The van der Waals surface area contributed by atoms with Gasteiger partial charge in [0, 0.05) is 11.1 Å². The van der Waals surface area contributed by atoms with Crippen LogP contribution in [0.2, 0.25) is 0 Å². The van der Waals surface area contributed by atoms with E-state index in [1.165, 1.54) is 22.5 Å². The van der Waals surface area contributed by atoms with Crippen molar-refractivity contribution in [1.29, 1.82) is 0 Å². The summed E-state index contributed by atoms with van der Waals surface area (Å²) in [7, 11) is 0. The molecule has 0 heterocycles. The van der Waals surface area contributed by atoms with Gasteiger partial charge in [0.1, 0.15) is 23.5 Å². The van der Waals surface area contributed by atoms with Gasteiger partial charge in [0.2, 0.25) is 0 Å². The van der Waals surface area contributed by atoms with Gasteiger partial charge in [0.05, 0.1) is 0 Å². The highest BCUT2D eigenvalue weighted by Crippen LogP contribution is 2.50. The molecular weight excluding hydrogens is 350 g/mol. The Labute approximate surface area is 174 Å². The molecular formula is C28H28N+. The number of rotatable bonds is 6. The molecule has 2 unspecified atom stereocenters.